The van der Waals surface area contributed by atoms with Gasteiger partial charge in [-0.05, 0) is 37.3 Å². The minimum Gasteiger partial charge on any atom is -0.744 e. The van der Waals surface area contributed by atoms with Crippen LogP contribution in [0.1, 0.15) is 5.69 Å². The van der Waals surface area contributed by atoms with E-state index in [1.807, 2.05) is 0 Å². The molecule has 1 aromatic heterocycles. The fraction of sp³-hybridized carbons (Fsp3) is 0.0455. The number of H-pyrrole nitrogens is 1. The van der Waals surface area contributed by atoms with Gasteiger partial charge in [0.05, 0.1) is 32.9 Å². The Bertz CT molecular complexity index is 1880. The van der Waals surface area contributed by atoms with Crippen molar-refractivity contribution in [2.24, 2.45) is 10.2 Å². The molecule has 39 heavy (non-hydrogen) atoms. The molecule has 0 fully saturated rings. The van der Waals surface area contributed by atoms with Gasteiger partial charge in [0.15, 0.2) is 10.7 Å². The molecule has 4 rings (SSSR count). The molecular weight excluding hydrogens is 570 g/mol. The molecule has 13 nitrogen and oxygen atoms in total. The van der Waals surface area contributed by atoms with Gasteiger partial charge in [-0.15, -0.1) is 5.11 Å². The van der Waals surface area contributed by atoms with Crippen LogP contribution in [-0.4, -0.2) is 35.7 Å². The van der Waals surface area contributed by atoms with Crippen LogP contribution in [0.15, 0.2) is 91.5 Å². The Kier molecular flexibility index (Phi) is 10.7. The first-order valence-electron chi connectivity index (χ1n) is 10.2. The summed E-state index contributed by atoms with van der Waals surface area (Å²) in [4.78, 5) is 13.8. The maximum absolute atomic E-state index is 12.8. The zero-order valence-corrected chi connectivity index (χ0v) is 26.4. The van der Waals surface area contributed by atoms with E-state index in [4.69, 9.17) is 5.39 Å². The van der Waals surface area contributed by atoms with Gasteiger partial charge in [-0.25, -0.2) is 21.5 Å². The van der Waals surface area contributed by atoms with Crippen molar-refractivity contribution in [2.75, 3.05) is 0 Å². The van der Waals surface area contributed by atoms with Crippen LogP contribution >= 0.6 is 0 Å². The number of diazo groups is 1. The Labute approximate surface area is 266 Å². The minimum atomic E-state index is -5.21. The average Bonchev–Trinajstić information content (AvgIpc) is 3.14. The Morgan fingerprint density at radius 1 is 0.846 bits per heavy atom. The molecule has 0 unspecified atom stereocenters. The maximum atomic E-state index is 12.8. The summed E-state index contributed by atoms with van der Waals surface area (Å²) < 4.78 is 72.7. The number of benzene rings is 3. The summed E-state index contributed by atoms with van der Waals surface area (Å²) in [6.07, 6.45) is 0. The first kappa shape index (κ1) is 32.7. The third kappa shape index (κ3) is 7.18. The molecule has 0 saturated carbocycles. The quantitative estimate of drug-likeness (QED) is 0.114. The first-order valence-corrected chi connectivity index (χ1v) is 13.1. The molecule has 0 saturated heterocycles. The molecule has 0 aliphatic rings. The zero-order valence-electron chi connectivity index (χ0n) is 20.8. The number of hydrogen-bond donors (Lipinski definition) is 1. The zero-order chi connectivity index (χ0) is 27.0. The summed E-state index contributed by atoms with van der Waals surface area (Å²) >= 11 is 0. The molecule has 4 aromatic rings. The van der Waals surface area contributed by atoms with Gasteiger partial charge in [0.2, 0.25) is 5.39 Å². The van der Waals surface area contributed by atoms with Crippen molar-refractivity contribution in [3.05, 3.63) is 87.8 Å². The largest absolute Gasteiger partial charge is 1.00 e. The smallest absolute Gasteiger partial charge is 0.744 e. The maximum Gasteiger partial charge on any atom is 1.00 e. The molecular formula is C22H15N6Na2O7S2+. The Balaban J connectivity index is 0.00000267. The third-order valence-corrected chi connectivity index (χ3v) is 6.95. The van der Waals surface area contributed by atoms with Crippen LogP contribution in [0.2, 0.25) is 0 Å². The molecule has 0 amide bonds. The number of aromatic nitrogens is 2. The molecule has 17 heteroatoms. The van der Waals surface area contributed by atoms with Gasteiger partial charge in [-0.2, -0.15) is 5.11 Å². The molecule has 0 aliphatic heterocycles. The summed E-state index contributed by atoms with van der Waals surface area (Å²) in [5.74, 6) is 0. The molecule has 0 spiro atoms. The van der Waals surface area contributed by atoms with Crippen molar-refractivity contribution in [3.63, 3.8) is 0 Å². The summed E-state index contributed by atoms with van der Waals surface area (Å²) in [5, 5.41) is 19.5. The summed E-state index contributed by atoms with van der Waals surface area (Å²) in [7, 11) is -10.4. The van der Waals surface area contributed by atoms with E-state index in [1.165, 1.54) is 10.7 Å². The Hall–Kier alpha value is -2.49. The van der Waals surface area contributed by atoms with E-state index in [-0.39, 0.29) is 76.2 Å². The number of azo groups is 1. The van der Waals surface area contributed by atoms with Crippen molar-refractivity contribution in [1.82, 2.24) is 9.78 Å². The summed E-state index contributed by atoms with van der Waals surface area (Å²) in [5.41, 5.74) is -0.889. The van der Waals surface area contributed by atoms with Crippen molar-refractivity contribution in [1.29, 1.82) is 5.39 Å². The van der Waals surface area contributed by atoms with Crippen LogP contribution in [0.4, 0.5) is 17.1 Å². The second kappa shape index (κ2) is 12.8. The molecule has 188 valence electrons. The van der Waals surface area contributed by atoms with Crippen LogP contribution in [0.25, 0.3) is 21.8 Å². The molecule has 1 N–H and O–H groups in total. The molecule has 0 bridgehead atoms. The van der Waals surface area contributed by atoms with Crippen molar-refractivity contribution >= 4 is 37.3 Å². The van der Waals surface area contributed by atoms with Gasteiger partial charge in [-0.3, -0.25) is 9.89 Å². The number of nitrogens with one attached hydrogen (secondary N) is 1. The molecule has 1 heterocycles. The molecule has 0 radical (unpaired) electrons. The van der Waals surface area contributed by atoms with Crippen molar-refractivity contribution in [2.45, 2.75) is 16.7 Å². The van der Waals surface area contributed by atoms with Gasteiger partial charge < -0.3 is 9.11 Å². The van der Waals surface area contributed by atoms with E-state index in [0.717, 1.165) is 30.3 Å². The second-order valence-corrected chi connectivity index (χ2v) is 10.3. The average molecular weight is 586 g/mol. The number of para-hydroxylation sites is 1. The fourth-order valence-corrected chi connectivity index (χ4v) is 4.95. The van der Waals surface area contributed by atoms with Crippen LogP contribution in [0.3, 0.4) is 0 Å². The Morgan fingerprint density at radius 2 is 1.41 bits per heavy atom. The van der Waals surface area contributed by atoms with Crippen LogP contribution < -0.4 is 64.7 Å². The van der Waals surface area contributed by atoms with Gasteiger partial charge in [0, 0.05) is 17.2 Å². The van der Waals surface area contributed by atoms with E-state index in [1.54, 1.807) is 37.3 Å². The predicted molar refractivity (Wildman–Crippen MR) is 128 cm³/mol. The van der Waals surface area contributed by atoms with Gasteiger partial charge in [0.25, 0.3) is 5.56 Å². The van der Waals surface area contributed by atoms with E-state index < -0.39 is 46.7 Å². The predicted octanol–water partition coefficient (Wildman–Crippen LogP) is -2.14. The van der Waals surface area contributed by atoms with E-state index in [9.17, 15) is 30.7 Å². The van der Waals surface area contributed by atoms with Crippen molar-refractivity contribution < 1.29 is 85.1 Å². The van der Waals surface area contributed by atoms with Crippen LogP contribution in [0.5, 0.6) is 0 Å². The van der Waals surface area contributed by atoms with Gasteiger partial charge in [-0.1, -0.05) is 24.3 Å². The summed E-state index contributed by atoms with van der Waals surface area (Å²) in [6, 6.07) is 14.7. The topological polar surface area (TPSA) is 205 Å². The first-order chi connectivity index (χ1) is 17.4. The van der Waals surface area contributed by atoms with Crippen molar-refractivity contribution in [3.8, 4) is 16.8 Å². The number of rotatable bonds is 6. The van der Waals surface area contributed by atoms with Crippen LogP contribution in [0, 0.1) is 12.3 Å². The third-order valence-electron chi connectivity index (χ3n) is 5.19. The minimum absolute atomic E-state index is 0. The molecule has 0 atom stereocenters. The SMILES string of the molecule is Cc1[nH]n(-c2ccccc2)c(=O)c1N=Nc1ccc(-c2ccc([N+]#N)cc2S(=O)(=O)[O-])c(S(=O)(=O)[O-])c1.[Na+].[Na+]. The normalized spacial score (nSPS) is 11.4. The van der Waals surface area contributed by atoms with Gasteiger partial charge in [0.1, 0.15) is 20.2 Å². The number of aryl methyl sites for hydroxylation is 1. The van der Waals surface area contributed by atoms with E-state index in [0.29, 0.717) is 11.4 Å². The van der Waals surface area contributed by atoms with E-state index >= 15 is 0 Å². The number of aromatic amines is 1. The van der Waals surface area contributed by atoms with Crippen LogP contribution in [-0.2, 0) is 20.2 Å². The summed E-state index contributed by atoms with van der Waals surface area (Å²) in [6.45, 7) is 1.58. The monoisotopic (exact) mass is 585 g/mol. The number of nitrogens with zero attached hydrogens (tertiary/aromatic N) is 5. The van der Waals surface area contributed by atoms with E-state index in [2.05, 4.69) is 20.3 Å². The number of hydrogen-bond acceptors (Lipinski definition) is 10. The second-order valence-electron chi connectivity index (χ2n) is 7.63. The molecule has 0 aliphatic carbocycles. The fourth-order valence-electron chi connectivity index (χ4n) is 3.53. The molecule has 3 aromatic carbocycles. The van der Waals surface area contributed by atoms with Gasteiger partial charge >= 0.3 is 64.8 Å². The Morgan fingerprint density at radius 3 is 1.97 bits per heavy atom. The standard InChI is InChI=1S/C22H16N6O7S2.2Na/c1-13-21(22(29)28(27-13)16-5-3-2-4-6-16)26-25-15-8-10-18(20(12-15)37(33,34)35)17-9-7-14(24-23)11-19(17)36(30,31)32;;/h2-12H,1H3,(H2-,25,27,29,30,31,32,33,34,35);;/q;2*+1/p-1.